The molecule has 0 bridgehead atoms. The minimum atomic E-state index is 1.05. The van der Waals surface area contributed by atoms with E-state index in [9.17, 15) is 0 Å². The van der Waals surface area contributed by atoms with E-state index in [0.717, 1.165) is 50.9 Å². The first-order valence-corrected chi connectivity index (χ1v) is 24.0. The Morgan fingerprint density at radius 1 is 0.279 bits per heavy atom. The van der Waals surface area contributed by atoms with Crippen LogP contribution in [0, 0.1) is 0 Å². The molecule has 4 heteroatoms. The number of rotatable bonds is 9. The molecule has 13 aromatic rings. The molecule has 0 radical (unpaired) electrons. The monoisotopic (exact) mass is 885 g/mol. The molecular formula is C64H43N3S. The third-order valence-corrected chi connectivity index (χ3v) is 14.5. The van der Waals surface area contributed by atoms with Crippen LogP contribution >= 0.6 is 11.3 Å². The van der Waals surface area contributed by atoms with Crippen molar-refractivity contribution >= 4 is 98.2 Å². The molecule has 0 N–H and O–H groups in total. The minimum Gasteiger partial charge on any atom is -0.310 e. The summed E-state index contributed by atoms with van der Waals surface area (Å²) in [5.74, 6) is 0. The summed E-state index contributed by atoms with van der Waals surface area (Å²) >= 11 is 1.85. The van der Waals surface area contributed by atoms with Crippen molar-refractivity contribution in [2.75, 3.05) is 9.80 Å². The van der Waals surface area contributed by atoms with E-state index in [2.05, 4.69) is 275 Å². The molecule has 0 unspecified atom stereocenters. The van der Waals surface area contributed by atoms with Gasteiger partial charge in [-0.2, -0.15) is 0 Å². The van der Waals surface area contributed by atoms with Crippen LogP contribution in [0.4, 0.5) is 34.1 Å². The molecule has 0 aliphatic carbocycles. The molecule has 2 aromatic heterocycles. The number of hydrogen-bond donors (Lipinski definition) is 0. The van der Waals surface area contributed by atoms with E-state index < -0.39 is 0 Å². The standard InChI is InChI=1S/C64H43N3S/c1-5-17-44(18-6-1)45-29-33-52(34-30-45)65(49-20-7-2-8-21-49)54-39-48(40-55(42-54)66(50-22-9-3-10-23-50)53-35-38-63-60(43-53)57-27-15-16-28-62(57)68-63)47-32-37-61-59(41-47)58-36-31-46-19-13-14-26-56(46)64(58)67(61)51-24-11-4-12-25-51/h1-43H. The van der Waals surface area contributed by atoms with Crippen LogP contribution in [-0.4, -0.2) is 4.57 Å². The molecule has 11 aromatic carbocycles. The third kappa shape index (κ3) is 6.90. The summed E-state index contributed by atoms with van der Waals surface area (Å²) in [5.41, 5.74) is 14.6. The van der Waals surface area contributed by atoms with Crippen molar-refractivity contribution < 1.29 is 0 Å². The van der Waals surface area contributed by atoms with Gasteiger partial charge in [0.1, 0.15) is 0 Å². The van der Waals surface area contributed by atoms with Crippen LogP contribution < -0.4 is 9.80 Å². The molecule has 0 spiro atoms. The van der Waals surface area contributed by atoms with Gasteiger partial charge < -0.3 is 14.4 Å². The lowest BCUT2D eigenvalue weighted by Gasteiger charge is -2.30. The first kappa shape index (κ1) is 39.6. The van der Waals surface area contributed by atoms with Crippen LogP contribution in [-0.2, 0) is 0 Å². The maximum Gasteiger partial charge on any atom is 0.0619 e. The zero-order valence-corrected chi connectivity index (χ0v) is 37.9. The van der Waals surface area contributed by atoms with Crippen LogP contribution in [0.5, 0.6) is 0 Å². The van der Waals surface area contributed by atoms with Gasteiger partial charge in [-0.3, -0.25) is 0 Å². The summed E-state index contributed by atoms with van der Waals surface area (Å²) < 4.78 is 5.02. The average molecular weight is 886 g/mol. The number of nitrogens with zero attached hydrogens (tertiary/aromatic N) is 3. The van der Waals surface area contributed by atoms with Gasteiger partial charge in [-0.15, -0.1) is 11.3 Å². The maximum atomic E-state index is 2.44. The summed E-state index contributed by atoms with van der Waals surface area (Å²) in [6, 6.07) is 95.1. The Kier molecular flexibility index (Phi) is 9.69. The fourth-order valence-corrected chi connectivity index (χ4v) is 11.2. The van der Waals surface area contributed by atoms with Gasteiger partial charge in [0.2, 0.25) is 0 Å². The van der Waals surface area contributed by atoms with Gasteiger partial charge >= 0.3 is 0 Å². The van der Waals surface area contributed by atoms with Crippen molar-refractivity contribution in [1.29, 1.82) is 0 Å². The van der Waals surface area contributed by atoms with Gasteiger partial charge in [-0.05, 0) is 131 Å². The zero-order chi connectivity index (χ0) is 45.0. The van der Waals surface area contributed by atoms with Crippen molar-refractivity contribution in [2.24, 2.45) is 0 Å². The van der Waals surface area contributed by atoms with E-state index in [4.69, 9.17) is 0 Å². The fraction of sp³-hybridized carbons (Fsp3) is 0. The summed E-state index contributed by atoms with van der Waals surface area (Å²) in [5, 5.41) is 7.45. The van der Waals surface area contributed by atoms with E-state index >= 15 is 0 Å². The van der Waals surface area contributed by atoms with Gasteiger partial charge in [-0.25, -0.2) is 0 Å². The fourth-order valence-electron chi connectivity index (χ4n) is 10.2. The molecule has 0 saturated heterocycles. The summed E-state index contributed by atoms with van der Waals surface area (Å²) in [4.78, 5) is 4.82. The Morgan fingerprint density at radius 3 is 1.54 bits per heavy atom. The highest BCUT2D eigenvalue weighted by molar-refractivity contribution is 7.25. The van der Waals surface area contributed by atoms with Crippen LogP contribution in [0.2, 0.25) is 0 Å². The molecule has 13 rings (SSSR count). The third-order valence-electron chi connectivity index (χ3n) is 13.3. The van der Waals surface area contributed by atoms with Gasteiger partial charge in [0.05, 0.1) is 11.0 Å². The highest BCUT2D eigenvalue weighted by Crippen LogP contribution is 2.46. The molecule has 0 atom stereocenters. The average Bonchev–Trinajstić information content (AvgIpc) is 3.96. The van der Waals surface area contributed by atoms with Gasteiger partial charge in [0, 0.05) is 76.1 Å². The summed E-state index contributed by atoms with van der Waals surface area (Å²) in [6.45, 7) is 0. The lowest BCUT2D eigenvalue weighted by Crippen LogP contribution is -2.13. The summed E-state index contributed by atoms with van der Waals surface area (Å²) in [6.07, 6.45) is 0. The van der Waals surface area contributed by atoms with Crippen LogP contribution in [0.25, 0.3) is 80.7 Å². The van der Waals surface area contributed by atoms with E-state index in [-0.39, 0.29) is 0 Å². The van der Waals surface area contributed by atoms with Crippen molar-refractivity contribution in [3.8, 4) is 27.9 Å². The first-order valence-electron chi connectivity index (χ1n) is 23.2. The smallest absolute Gasteiger partial charge is 0.0619 e. The van der Waals surface area contributed by atoms with Gasteiger partial charge in [-0.1, -0.05) is 158 Å². The number of aromatic nitrogens is 1. The number of anilines is 6. The second kappa shape index (κ2) is 16.6. The Hall–Kier alpha value is -8.70. The molecule has 0 aliphatic rings. The minimum absolute atomic E-state index is 1.05. The number of hydrogen-bond acceptors (Lipinski definition) is 3. The molecule has 0 fully saturated rings. The number of fused-ring (bicyclic) bond motifs is 8. The highest BCUT2D eigenvalue weighted by Gasteiger charge is 2.22. The summed E-state index contributed by atoms with van der Waals surface area (Å²) in [7, 11) is 0. The molecule has 0 amide bonds. The molecule has 68 heavy (non-hydrogen) atoms. The van der Waals surface area contributed by atoms with Crippen LogP contribution in [0.3, 0.4) is 0 Å². The van der Waals surface area contributed by atoms with Crippen LogP contribution in [0.15, 0.2) is 261 Å². The topological polar surface area (TPSA) is 11.4 Å². The molecular weight excluding hydrogens is 843 g/mol. The molecule has 2 heterocycles. The predicted molar refractivity (Wildman–Crippen MR) is 291 cm³/mol. The first-order chi connectivity index (χ1) is 33.7. The normalized spacial score (nSPS) is 11.5. The van der Waals surface area contributed by atoms with E-state index in [0.29, 0.717) is 0 Å². The van der Waals surface area contributed by atoms with Crippen molar-refractivity contribution in [2.45, 2.75) is 0 Å². The van der Waals surface area contributed by atoms with E-state index in [1.165, 1.54) is 63.9 Å². The van der Waals surface area contributed by atoms with E-state index in [1.807, 2.05) is 11.3 Å². The Morgan fingerprint density at radius 2 is 0.824 bits per heavy atom. The number of para-hydroxylation sites is 3. The highest BCUT2D eigenvalue weighted by atomic mass is 32.1. The van der Waals surface area contributed by atoms with Gasteiger partial charge in [0.15, 0.2) is 0 Å². The van der Waals surface area contributed by atoms with Crippen molar-refractivity contribution in [3.05, 3.63) is 261 Å². The zero-order valence-electron chi connectivity index (χ0n) is 37.1. The number of thiophene rings is 1. The SMILES string of the molecule is c1ccc(-c2ccc(N(c3ccccc3)c3cc(-c4ccc5c(c4)c4ccc6ccccc6c4n5-c4ccccc4)cc(N(c4ccccc4)c4ccc5sc6ccccc6c5c4)c3)cc2)cc1. The predicted octanol–water partition coefficient (Wildman–Crippen LogP) is 18.6. The van der Waals surface area contributed by atoms with Crippen molar-refractivity contribution in [3.63, 3.8) is 0 Å². The quantitative estimate of drug-likeness (QED) is 0.143. The Labute approximate surface area is 399 Å². The second-order valence-electron chi connectivity index (χ2n) is 17.4. The largest absolute Gasteiger partial charge is 0.310 e. The lowest BCUT2D eigenvalue weighted by atomic mass is 9.99. The molecule has 0 aliphatic heterocycles. The van der Waals surface area contributed by atoms with Crippen molar-refractivity contribution in [1.82, 2.24) is 4.57 Å². The molecule has 0 saturated carbocycles. The lowest BCUT2D eigenvalue weighted by molar-refractivity contribution is 1.19. The Balaban J connectivity index is 1.07. The molecule has 3 nitrogen and oxygen atoms in total. The Bertz CT molecular complexity index is 3950. The molecule has 320 valence electrons. The van der Waals surface area contributed by atoms with Crippen LogP contribution in [0.1, 0.15) is 0 Å². The van der Waals surface area contributed by atoms with E-state index in [1.54, 1.807) is 0 Å². The maximum absolute atomic E-state index is 2.44. The van der Waals surface area contributed by atoms with Gasteiger partial charge in [0.25, 0.3) is 0 Å². The number of benzene rings is 11. The second-order valence-corrected chi connectivity index (χ2v) is 18.4.